The lowest BCUT2D eigenvalue weighted by atomic mass is 9.67. The Bertz CT molecular complexity index is 4070. The van der Waals surface area contributed by atoms with E-state index in [0.717, 1.165) is 28.2 Å². The molecule has 0 N–H and O–H groups in total. The minimum Gasteiger partial charge on any atom is -0.310 e. The number of hydrogen-bond donors (Lipinski definition) is 0. The van der Waals surface area contributed by atoms with Crippen molar-refractivity contribution in [3.8, 4) is 61.3 Å². The summed E-state index contributed by atoms with van der Waals surface area (Å²) in [4.78, 5) is 2.38. The van der Waals surface area contributed by atoms with Crippen molar-refractivity contribution < 1.29 is 0 Å². The van der Waals surface area contributed by atoms with E-state index in [1.54, 1.807) is 0 Å². The molecule has 12 aromatic carbocycles. The van der Waals surface area contributed by atoms with Crippen molar-refractivity contribution in [1.82, 2.24) is 4.57 Å². The molecule has 1 aliphatic carbocycles. The number of para-hydroxylation sites is 1. The van der Waals surface area contributed by atoms with Crippen molar-refractivity contribution >= 4 is 38.9 Å². The molecule has 1 heterocycles. The summed E-state index contributed by atoms with van der Waals surface area (Å²) in [6.45, 7) is 0. The summed E-state index contributed by atoms with van der Waals surface area (Å²) in [5.41, 5.74) is 23.2. The van der Waals surface area contributed by atoms with Crippen LogP contribution in [0.4, 0.5) is 17.1 Å². The molecule has 0 saturated carbocycles. The van der Waals surface area contributed by atoms with E-state index in [1.165, 1.54) is 94.3 Å². The summed E-state index contributed by atoms with van der Waals surface area (Å²) in [5, 5.41) is 2.45. The number of aromatic nitrogens is 1. The summed E-state index contributed by atoms with van der Waals surface area (Å²) in [7, 11) is 0. The van der Waals surface area contributed by atoms with Gasteiger partial charge in [-0.1, -0.05) is 249 Å². The number of anilines is 3. The minimum absolute atomic E-state index is 0.570. The average molecular weight is 955 g/mol. The van der Waals surface area contributed by atoms with Crippen LogP contribution in [-0.2, 0) is 5.41 Å². The quantitative estimate of drug-likeness (QED) is 0.133. The standard InChI is InChI=1S/C73H50N2/c1-5-21-51(22-6-1)53-39-44-59(45-40-53)74(60-46-41-54(42-47-60)52-23-7-2-8-24-52)61-30-19-25-55(49-61)62-31-13-14-32-63(62)56-43-48-66-65-34-16-18-37-69(65)75(71(66)50-56)70-38-20-35-67-64-33-15-17-36-68(64)73(72(67)70,57-26-9-3-10-27-57)58-28-11-4-12-29-58/h1-50H. The molecule has 2 nitrogen and oxygen atoms in total. The molecule has 1 aromatic heterocycles. The molecule has 0 spiro atoms. The zero-order valence-corrected chi connectivity index (χ0v) is 41.3. The van der Waals surface area contributed by atoms with E-state index in [9.17, 15) is 0 Å². The number of hydrogen-bond acceptors (Lipinski definition) is 1. The van der Waals surface area contributed by atoms with Crippen molar-refractivity contribution in [2.75, 3.05) is 4.90 Å². The number of fused-ring (bicyclic) bond motifs is 6. The van der Waals surface area contributed by atoms with E-state index < -0.39 is 5.41 Å². The van der Waals surface area contributed by atoms with Gasteiger partial charge in [0.25, 0.3) is 0 Å². The molecule has 0 amide bonds. The van der Waals surface area contributed by atoms with Gasteiger partial charge in [0.1, 0.15) is 0 Å². The third-order valence-corrected chi connectivity index (χ3v) is 15.5. The molecule has 0 unspecified atom stereocenters. The van der Waals surface area contributed by atoms with Crippen LogP contribution in [0.2, 0.25) is 0 Å². The Morgan fingerprint density at radius 1 is 0.267 bits per heavy atom. The number of benzene rings is 12. The van der Waals surface area contributed by atoms with Gasteiger partial charge in [-0.05, 0) is 127 Å². The molecular formula is C73H50N2. The smallest absolute Gasteiger partial charge is 0.0734 e. The lowest BCUT2D eigenvalue weighted by Crippen LogP contribution is -2.29. The maximum absolute atomic E-state index is 2.55. The Balaban J connectivity index is 0.930. The first-order chi connectivity index (χ1) is 37.2. The normalized spacial score (nSPS) is 12.4. The maximum atomic E-state index is 2.55. The van der Waals surface area contributed by atoms with Gasteiger partial charge >= 0.3 is 0 Å². The van der Waals surface area contributed by atoms with Gasteiger partial charge in [-0.3, -0.25) is 0 Å². The first kappa shape index (κ1) is 44.0. The lowest BCUT2D eigenvalue weighted by Gasteiger charge is -2.35. The first-order valence-electron chi connectivity index (χ1n) is 25.9. The van der Waals surface area contributed by atoms with Gasteiger partial charge in [0.15, 0.2) is 0 Å². The topological polar surface area (TPSA) is 8.17 Å². The van der Waals surface area contributed by atoms with Crippen molar-refractivity contribution in [3.05, 3.63) is 326 Å². The average Bonchev–Trinajstić information content (AvgIpc) is 4.03. The van der Waals surface area contributed by atoms with Crippen molar-refractivity contribution in [3.63, 3.8) is 0 Å². The third-order valence-electron chi connectivity index (χ3n) is 15.5. The molecule has 75 heavy (non-hydrogen) atoms. The van der Waals surface area contributed by atoms with E-state index >= 15 is 0 Å². The fourth-order valence-electron chi connectivity index (χ4n) is 12.2. The predicted octanol–water partition coefficient (Wildman–Crippen LogP) is 19.3. The Hall–Kier alpha value is -9.76. The number of rotatable bonds is 10. The molecule has 0 fully saturated rings. The highest BCUT2D eigenvalue weighted by molar-refractivity contribution is 6.11. The molecular weight excluding hydrogens is 905 g/mol. The van der Waals surface area contributed by atoms with Gasteiger partial charge in [0.2, 0.25) is 0 Å². The Morgan fingerprint density at radius 3 is 1.32 bits per heavy atom. The molecule has 0 saturated heterocycles. The second-order valence-corrected chi connectivity index (χ2v) is 19.6. The van der Waals surface area contributed by atoms with E-state index in [4.69, 9.17) is 0 Å². The van der Waals surface area contributed by atoms with E-state index in [0.29, 0.717) is 0 Å². The van der Waals surface area contributed by atoms with E-state index in [-0.39, 0.29) is 0 Å². The molecule has 0 radical (unpaired) electrons. The SMILES string of the molecule is c1ccc(-c2ccc(N(c3ccc(-c4ccccc4)cc3)c3cccc(-c4ccccc4-c4ccc5c6ccccc6n(-c6cccc7c6C(c6ccccc6)(c6ccccc6)c6ccccc6-7)c5c4)c3)cc2)cc1. The summed E-state index contributed by atoms with van der Waals surface area (Å²) >= 11 is 0. The van der Waals surface area contributed by atoms with Gasteiger partial charge in [-0.2, -0.15) is 0 Å². The fraction of sp³-hybridized carbons (Fsp3) is 0.0137. The Labute approximate surface area is 438 Å². The van der Waals surface area contributed by atoms with Crippen molar-refractivity contribution in [2.24, 2.45) is 0 Å². The van der Waals surface area contributed by atoms with Crippen LogP contribution in [0.3, 0.4) is 0 Å². The lowest BCUT2D eigenvalue weighted by molar-refractivity contribution is 0.762. The zero-order valence-electron chi connectivity index (χ0n) is 41.3. The molecule has 0 bridgehead atoms. The summed E-state index contributed by atoms with van der Waals surface area (Å²) in [5.74, 6) is 0. The van der Waals surface area contributed by atoms with Gasteiger partial charge in [-0.15, -0.1) is 0 Å². The van der Waals surface area contributed by atoms with Gasteiger partial charge < -0.3 is 9.47 Å². The maximum Gasteiger partial charge on any atom is 0.0734 e. The van der Waals surface area contributed by atoms with Crippen LogP contribution in [0.25, 0.3) is 83.1 Å². The van der Waals surface area contributed by atoms with Crippen LogP contribution in [0.1, 0.15) is 22.3 Å². The zero-order chi connectivity index (χ0) is 49.7. The van der Waals surface area contributed by atoms with Gasteiger partial charge in [0.05, 0.1) is 22.1 Å². The van der Waals surface area contributed by atoms with Crippen LogP contribution in [-0.4, -0.2) is 4.57 Å². The van der Waals surface area contributed by atoms with Gasteiger partial charge in [-0.25, -0.2) is 0 Å². The van der Waals surface area contributed by atoms with Gasteiger partial charge in [0, 0.05) is 33.4 Å². The van der Waals surface area contributed by atoms with Crippen molar-refractivity contribution in [1.29, 1.82) is 0 Å². The third kappa shape index (κ3) is 7.33. The van der Waals surface area contributed by atoms with E-state index in [1.807, 2.05) is 0 Å². The second-order valence-electron chi connectivity index (χ2n) is 19.6. The van der Waals surface area contributed by atoms with Crippen LogP contribution < -0.4 is 4.90 Å². The van der Waals surface area contributed by atoms with Crippen molar-refractivity contribution in [2.45, 2.75) is 5.41 Å². The Kier molecular flexibility index (Phi) is 10.8. The molecule has 2 heteroatoms. The number of nitrogens with zero attached hydrogens (tertiary/aromatic N) is 2. The molecule has 14 rings (SSSR count). The highest BCUT2D eigenvalue weighted by atomic mass is 15.1. The van der Waals surface area contributed by atoms with Crippen LogP contribution in [0.5, 0.6) is 0 Å². The molecule has 1 aliphatic rings. The minimum atomic E-state index is -0.570. The molecule has 352 valence electrons. The van der Waals surface area contributed by atoms with Crippen LogP contribution in [0.15, 0.2) is 303 Å². The monoisotopic (exact) mass is 954 g/mol. The summed E-state index contributed by atoms with van der Waals surface area (Å²) in [6, 6.07) is 111. The van der Waals surface area contributed by atoms with Crippen LogP contribution >= 0.6 is 0 Å². The van der Waals surface area contributed by atoms with Crippen LogP contribution in [0, 0.1) is 0 Å². The fourth-order valence-corrected chi connectivity index (χ4v) is 12.2. The molecule has 0 atom stereocenters. The molecule has 13 aromatic rings. The summed E-state index contributed by atoms with van der Waals surface area (Å²) in [6.07, 6.45) is 0. The highest BCUT2D eigenvalue weighted by Gasteiger charge is 2.48. The molecule has 0 aliphatic heterocycles. The second kappa shape index (κ2) is 18.4. The largest absolute Gasteiger partial charge is 0.310 e. The Morgan fingerprint density at radius 2 is 0.707 bits per heavy atom. The van der Waals surface area contributed by atoms with E-state index in [2.05, 4.69) is 313 Å². The predicted molar refractivity (Wildman–Crippen MR) is 315 cm³/mol. The first-order valence-corrected chi connectivity index (χ1v) is 25.9. The summed E-state index contributed by atoms with van der Waals surface area (Å²) < 4.78 is 2.55. The highest BCUT2D eigenvalue weighted by Crippen LogP contribution is 2.58.